The van der Waals surface area contributed by atoms with Crippen LogP contribution in [-0.4, -0.2) is 78.4 Å². The lowest BCUT2D eigenvalue weighted by atomic mass is 10.0. The molecule has 1 aromatic rings. The Bertz CT molecular complexity index is 584. The van der Waals surface area contributed by atoms with Crippen molar-refractivity contribution < 1.29 is 9.59 Å². The van der Waals surface area contributed by atoms with Crippen LogP contribution in [0.5, 0.6) is 0 Å². The Morgan fingerprint density at radius 3 is 2.50 bits per heavy atom. The van der Waals surface area contributed by atoms with Crippen molar-refractivity contribution in [1.29, 1.82) is 0 Å². The first-order valence-electron chi connectivity index (χ1n) is 9.65. The Morgan fingerprint density at radius 1 is 1.12 bits per heavy atom. The molecule has 3 rings (SSSR count). The topological polar surface area (TPSA) is 55.9 Å². The van der Waals surface area contributed by atoms with Gasteiger partial charge in [0, 0.05) is 43.6 Å². The number of amides is 2. The number of nitrogens with zero attached hydrogens (tertiary/aromatic N) is 3. The zero-order valence-corrected chi connectivity index (χ0v) is 16.5. The van der Waals surface area contributed by atoms with Crippen LogP contribution >= 0.6 is 11.3 Å². The molecule has 2 aliphatic rings. The number of rotatable bonds is 6. The fourth-order valence-corrected chi connectivity index (χ4v) is 4.36. The predicted molar refractivity (Wildman–Crippen MR) is 104 cm³/mol. The van der Waals surface area contributed by atoms with Gasteiger partial charge in [-0.15, -0.1) is 11.3 Å². The van der Waals surface area contributed by atoms with E-state index >= 15 is 0 Å². The Hall–Kier alpha value is -1.44. The number of nitrogens with one attached hydrogen (secondary N) is 1. The SMILES string of the molecule is CC1CCCCN1C(=O)CN1CCN(CC(=O)NCc2cccs2)CC1. The second-order valence-electron chi connectivity index (χ2n) is 7.34. The maximum absolute atomic E-state index is 12.5. The molecular formula is C19H30N4O2S. The predicted octanol–water partition coefficient (Wildman–Crippen LogP) is 1.38. The third-order valence-corrected chi connectivity index (χ3v) is 6.23. The van der Waals surface area contributed by atoms with Crippen LogP contribution in [0.25, 0.3) is 0 Å². The molecule has 26 heavy (non-hydrogen) atoms. The molecule has 0 bridgehead atoms. The van der Waals surface area contributed by atoms with Crippen LogP contribution in [0.3, 0.4) is 0 Å². The van der Waals surface area contributed by atoms with Gasteiger partial charge in [-0.05, 0) is 37.6 Å². The van der Waals surface area contributed by atoms with E-state index in [2.05, 4.69) is 22.0 Å². The third kappa shape index (κ3) is 5.53. The summed E-state index contributed by atoms with van der Waals surface area (Å²) in [7, 11) is 0. The van der Waals surface area contributed by atoms with Crippen LogP contribution in [0.15, 0.2) is 17.5 Å². The van der Waals surface area contributed by atoms with Crippen molar-refractivity contribution in [3.63, 3.8) is 0 Å². The van der Waals surface area contributed by atoms with Gasteiger partial charge in [-0.25, -0.2) is 0 Å². The minimum atomic E-state index is 0.0741. The Kier molecular flexibility index (Phi) is 7.05. The summed E-state index contributed by atoms with van der Waals surface area (Å²) in [6.45, 7) is 8.02. The maximum Gasteiger partial charge on any atom is 0.236 e. The van der Waals surface area contributed by atoms with Gasteiger partial charge in [0.1, 0.15) is 0 Å². The smallest absolute Gasteiger partial charge is 0.236 e. The Labute approximate surface area is 160 Å². The van der Waals surface area contributed by atoms with E-state index in [0.717, 1.165) is 45.6 Å². The Balaban J connectivity index is 1.34. The first-order chi connectivity index (χ1) is 12.6. The quantitative estimate of drug-likeness (QED) is 0.813. The zero-order chi connectivity index (χ0) is 18.4. The average Bonchev–Trinajstić information content (AvgIpc) is 3.15. The highest BCUT2D eigenvalue weighted by atomic mass is 32.1. The van der Waals surface area contributed by atoms with Crippen LogP contribution in [0.4, 0.5) is 0 Å². The number of thiophene rings is 1. The number of carbonyl (C=O) groups is 2. The van der Waals surface area contributed by atoms with Crippen molar-refractivity contribution in [2.45, 2.75) is 38.8 Å². The van der Waals surface area contributed by atoms with Crippen molar-refractivity contribution in [2.24, 2.45) is 0 Å². The second kappa shape index (κ2) is 9.48. The molecule has 3 heterocycles. The van der Waals surface area contributed by atoms with Crippen LogP contribution in [-0.2, 0) is 16.1 Å². The molecule has 2 aliphatic heterocycles. The van der Waals surface area contributed by atoms with E-state index in [-0.39, 0.29) is 11.8 Å². The van der Waals surface area contributed by atoms with Crippen molar-refractivity contribution in [2.75, 3.05) is 45.8 Å². The molecule has 0 saturated carbocycles. The first kappa shape index (κ1) is 19.3. The van der Waals surface area contributed by atoms with Gasteiger partial charge in [0.25, 0.3) is 0 Å². The minimum absolute atomic E-state index is 0.0741. The molecule has 7 heteroatoms. The van der Waals surface area contributed by atoms with Gasteiger partial charge in [0.2, 0.25) is 11.8 Å². The minimum Gasteiger partial charge on any atom is -0.350 e. The molecule has 2 saturated heterocycles. The van der Waals surface area contributed by atoms with Gasteiger partial charge >= 0.3 is 0 Å². The molecule has 0 radical (unpaired) electrons. The average molecular weight is 379 g/mol. The Morgan fingerprint density at radius 2 is 1.85 bits per heavy atom. The largest absolute Gasteiger partial charge is 0.350 e. The zero-order valence-electron chi connectivity index (χ0n) is 15.7. The van der Waals surface area contributed by atoms with E-state index in [9.17, 15) is 9.59 Å². The van der Waals surface area contributed by atoms with E-state index in [0.29, 0.717) is 25.7 Å². The molecular weight excluding hydrogens is 348 g/mol. The number of likely N-dealkylation sites (tertiary alicyclic amines) is 1. The van der Waals surface area contributed by atoms with Crippen molar-refractivity contribution in [1.82, 2.24) is 20.0 Å². The molecule has 0 spiro atoms. The number of carbonyl (C=O) groups excluding carboxylic acids is 2. The molecule has 1 atom stereocenters. The molecule has 1 unspecified atom stereocenters. The second-order valence-corrected chi connectivity index (χ2v) is 8.37. The van der Waals surface area contributed by atoms with E-state index in [1.165, 1.54) is 11.3 Å². The summed E-state index contributed by atoms with van der Waals surface area (Å²) in [5.74, 6) is 0.337. The van der Waals surface area contributed by atoms with Crippen molar-refractivity contribution in [3.8, 4) is 0 Å². The lowest BCUT2D eigenvalue weighted by Crippen LogP contribution is -2.53. The highest BCUT2D eigenvalue weighted by molar-refractivity contribution is 7.09. The molecule has 6 nitrogen and oxygen atoms in total. The summed E-state index contributed by atoms with van der Waals surface area (Å²) in [4.78, 5) is 32.3. The fourth-order valence-electron chi connectivity index (χ4n) is 3.71. The fraction of sp³-hybridized carbons (Fsp3) is 0.684. The highest BCUT2D eigenvalue weighted by Crippen LogP contribution is 2.17. The van der Waals surface area contributed by atoms with Crippen molar-refractivity contribution >= 4 is 23.2 Å². The standard InChI is InChI=1S/C19H30N4O2S/c1-16-5-2-3-7-23(16)19(25)15-22-10-8-21(9-11-22)14-18(24)20-13-17-6-4-12-26-17/h4,6,12,16H,2-3,5,7-11,13-15H2,1H3,(H,20,24). The summed E-state index contributed by atoms with van der Waals surface area (Å²) in [5, 5.41) is 5.00. The highest BCUT2D eigenvalue weighted by Gasteiger charge is 2.26. The summed E-state index contributed by atoms with van der Waals surface area (Å²) in [5.41, 5.74) is 0. The lowest BCUT2D eigenvalue weighted by molar-refractivity contribution is -0.136. The van der Waals surface area contributed by atoms with Gasteiger partial charge in [-0.2, -0.15) is 0 Å². The number of hydrogen-bond donors (Lipinski definition) is 1. The van der Waals surface area contributed by atoms with Gasteiger partial charge in [-0.3, -0.25) is 19.4 Å². The van der Waals surface area contributed by atoms with Crippen LogP contribution in [0, 0.1) is 0 Å². The van der Waals surface area contributed by atoms with Gasteiger partial charge in [0.05, 0.1) is 19.6 Å². The van der Waals surface area contributed by atoms with Crippen LogP contribution in [0.2, 0.25) is 0 Å². The molecule has 0 aliphatic carbocycles. The van der Waals surface area contributed by atoms with Gasteiger partial charge in [0.15, 0.2) is 0 Å². The summed E-state index contributed by atoms with van der Waals surface area (Å²) < 4.78 is 0. The normalized spacial score (nSPS) is 22.3. The third-order valence-electron chi connectivity index (χ3n) is 5.35. The number of piperidine rings is 1. The van der Waals surface area contributed by atoms with E-state index in [1.54, 1.807) is 11.3 Å². The van der Waals surface area contributed by atoms with E-state index < -0.39 is 0 Å². The molecule has 1 aromatic heterocycles. The molecule has 1 N–H and O–H groups in total. The molecule has 0 aromatic carbocycles. The molecule has 144 valence electrons. The van der Waals surface area contributed by atoms with Gasteiger partial charge in [-0.1, -0.05) is 6.07 Å². The lowest BCUT2D eigenvalue weighted by Gasteiger charge is -2.37. The van der Waals surface area contributed by atoms with E-state index in [4.69, 9.17) is 0 Å². The van der Waals surface area contributed by atoms with Crippen LogP contribution < -0.4 is 5.32 Å². The summed E-state index contributed by atoms with van der Waals surface area (Å²) in [6.07, 6.45) is 3.49. The molecule has 2 amide bonds. The number of hydrogen-bond acceptors (Lipinski definition) is 5. The maximum atomic E-state index is 12.5. The summed E-state index contributed by atoms with van der Waals surface area (Å²) >= 11 is 1.66. The first-order valence-corrected chi connectivity index (χ1v) is 10.5. The van der Waals surface area contributed by atoms with Gasteiger partial charge < -0.3 is 10.2 Å². The van der Waals surface area contributed by atoms with Crippen molar-refractivity contribution in [3.05, 3.63) is 22.4 Å². The summed E-state index contributed by atoms with van der Waals surface area (Å²) in [6, 6.07) is 4.41. The van der Waals surface area contributed by atoms with Crippen LogP contribution in [0.1, 0.15) is 31.1 Å². The van der Waals surface area contributed by atoms with E-state index in [1.807, 2.05) is 22.4 Å². The number of piperazine rings is 1. The monoisotopic (exact) mass is 378 g/mol. The molecule has 2 fully saturated rings.